The molecule has 0 atom stereocenters. The number of aromatic hydroxyl groups is 1. The first-order valence-corrected chi connectivity index (χ1v) is 9.45. The molecule has 2 heterocycles. The topological polar surface area (TPSA) is 51.8 Å². The van der Waals surface area contributed by atoms with E-state index in [0.29, 0.717) is 5.56 Å². The summed E-state index contributed by atoms with van der Waals surface area (Å²) in [4.78, 5) is 6.45. The lowest BCUT2D eigenvalue weighted by molar-refractivity contribution is -0.138. The molecule has 0 fully saturated rings. The Hall–Kier alpha value is -3.67. The van der Waals surface area contributed by atoms with Gasteiger partial charge in [-0.3, -0.25) is 0 Å². The van der Waals surface area contributed by atoms with Gasteiger partial charge in [0.05, 0.1) is 5.56 Å². The van der Waals surface area contributed by atoms with Crippen molar-refractivity contribution in [3.05, 3.63) is 101 Å². The van der Waals surface area contributed by atoms with Crippen LogP contribution in [-0.2, 0) is 6.18 Å². The van der Waals surface area contributed by atoms with Crippen LogP contribution in [0.3, 0.4) is 0 Å². The van der Waals surface area contributed by atoms with Crippen LogP contribution in [0.25, 0.3) is 21.8 Å². The average Bonchev–Trinajstić information content (AvgIpc) is 3.34. The molecule has 0 aliphatic heterocycles. The fourth-order valence-corrected chi connectivity index (χ4v) is 4.15. The number of hydrogen-bond acceptors (Lipinski definition) is 1. The lowest BCUT2D eigenvalue weighted by atomic mass is 9.84. The van der Waals surface area contributed by atoms with Gasteiger partial charge in [-0.25, -0.2) is 0 Å². The Balaban J connectivity index is 1.80. The summed E-state index contributed by atoms with van der Waals surface area (Å²) in [5, 5.41) is 11.7. The summed E-state index contributed by atoms with van der Waals surface area (Å²) in [6.07, 6.45) is -0.959. The van der Waals surface area contributed by atoms with E-state index in [2.05, 4.69) is 9.97 Å². The number of nitrogens with one attached hydrogen (secondary N) is 2. The van der Waals surface area contributed by atoms with Crippen molar-refractivity contribution in [2.75, 3.05) is 0 Å². The molecule has 3 aromatic carbocycles. The minimum absolute atomic E-state index is 0.453. The van der Waals surface area contributed by atoms with Gasteiger partial charge in [0, 0.05) is 40.1 Å². The highest BCUT2D eigenvalue weighted by atomic mass is 19.4. The van der Waals surface area contributed by atoms with E-state index in [4.69, 9.17) is 0 Å². The maximum atomic E-state index is 13.5. The SMILES string of the molecule is Oc1ccc(C(c2c[nH]c3ccccc23)c2c[nH]c3ccccc23)cc1C(F)(F)F. The number of para-hydroxylation sites is 2. The number of alkyl halides is 3. The molecule has 6 heteroatoms. The third-order valence-corrected chi connectivity index (χ3v) is 5.52. The zero-order chi connectivity index (χ0) is 20.9. The zero-order valence-electron chi connectivity index (χ0n) is 15.7. The van der Waals surface area contributed by atoms with Crippen LogP contribution >= 0.6 is 0 Å². The Morgan fingerprint density at radius 3 is 1.80 bits per heavy atom. The van der Waals surface area contributed by atoms with Crippen LogP contribution in [0, 0.1) is 0 Å². The quantitative estimate of drug-likeness (QED) is 0.312. The number of halogens is 3. The molecule has 0 spiro atoms. The molecule has 0 unspecified atom stereocenters. The summed E-state index contributed by atoms with van der Waals surface area (Å²) < 4.78 is 40.5. The summed E-state index contributed by atoms with van der Waals surface area (Å²) in [6, 6.07) is 19.1. The first-order chi connectivity index (χ1) is 14.4. The fraction of sp³-hybridized carbons (Fsp3) is 0.0833. The number of rotatable bonds is 3. The van der Waals surface area contributed by atoms with Crippen molar-refractivity contribution in [3.63, 3.8) is 0 Å². The lowest BCUT2D eigenvalue weighted by Gasteiger charge is -2.19. The maximum Gasteiger partial charge on any atom is 0.419 e. The van der Waals surface area contributed by atoms with E-state index in [9.17, 15) is 18.3 Å². The molecule has 0 bridgehead atoms. The van der Waals surface area contributed by atoms with Crippen LogP contribution in [-0.4, -0.2) is 15.1 Å². The molecular weight excluding hydrogens is 389 g/mol. The van der Waals surface area contributed by atoms with Gasteiger partial charge in [0.2, 0.25) is 0 Å². The highest BCUT2D eigenvalue weighted by Crippen LogP contribution is 2.43. The maximum absolute atomic E-state index is 13.5. The molecule has 0 aliphatic carbocycles. The van der Waals surface area contributed by atoms with Crippen molar-refractivity contribution >= 4 is 21.8 Å². The van der Waals surface area contributed by atoms with Gasteiger partial charge in [0.25, 0.3) is 0 Å². The Labute approximate surface area is 169 Å². The average molecular weight is 406 g/mol. The van der Waals surface area contributed by atoms with Crippen LogP contribution < -0.4 is 0 Å². The van der Waals surface area contributed by atoms with Crippen LogP contribution in [0.2, 0.25) is 0 Å². The number of aromatic nitrogens is 2. The molecular formula is C24H17F3N2O. The second-order valence-electron chi connectivity index (χ2n) is 7.29. The molecule has 5 rings (SSSR count). The fourth-order valence-electron chi connectivity index (χ4n) is 4.15. The van der Waals surface area contributed by atoms with Gasteiger partial charge in [-0.1, -0.05) is 42.5 Å². The highest BCUT2D eigenvalue weighted by Gasteiger charge is 2.35. The van der Waals surface area contributed by atoms with E-state index < -0.39 is 23.4 Å². The zero-order valence-corrected chi connectivity index (χ0v) is 15.7. The van der Waals surface area contributed by atoms with Crippen LogP contribution in [0.5, 0.6) is 5.75 Å². The number of hydrogen-bond donors (Lipinski definition) is 3. The predicted molar refractivity (Wildman–Crippen MR) is 111 cm³/mol. The Kier molecular flexibility index (Phi) is 4.10. The first kappa shape index (κ1) is 18.4. The van der Waals surface area contributed by atoms with Gasteiger partial charge in [-0.05, 0) is 41.0 Å². The molecule has 0 amide bonds. The van der Waals surface area contributed by atoms with Gasteiger partial charge in [0.15, 0.2) is 0 Å². The normalized spacial score (nSPS) is 12.3. The molecule has 150 valence electrons. The second-order valence-corrected chi connectivity index (χ2v) is 7.29. The van der Waals surface area contributed by atoms with Gasteiger partial charge in [0.1, 0.15) is 5.75 Å². The molecule has 3 N–H and O–H groups in total. The van der Waals surface area contributed by atoms with Crippen molar-refractivity contribution in [2.45, 2.75) is 12.1 Å². The van der Waals surface area contributed by atoms with E-state index in [0.717, 1.165) is 45.1 Å². The molecule has 30 heavy (non-hydrogen) atoms. The van der Waals surface area contributed by atoms with Crippen LogP contribution in [0.1, 0.15) is 28.2 Å². The van der Waals surface area contributed by atoms with E-state index in [1.807, 2.05) is 60.9 Å². The molecule has 0 saturated carbocycles. The van der Waals surface area contributed by atoms with Crippen molar-refractivity contribution in [2.24, 2.45) is 0 Å². The van der Waals surface area contributed by atoms with Gasteiger partial charge >= 0.3 is 6.18 Å². The van der Waals surface area contributed by atoms with Gasteiger partial charge < -0.3 is 15.1 Å². The Bertz CT molecular complexity index is 1290. The summed E-state index contributed by atoms with van der Waals surface area (Å²) in [5.74, 6) is -1.23. The standard InChI is InChI=1S/C24H17F3N2O/c25-24(26,27)19-11-14(9-10-22(19)30)23(17-12-28-20-7-3-1-5-15(17)20)18-13-29-21-8-4-2-6-16(18)21/h1-13,23,28-30H. The van der Waals surface area contributed by atoms with Crippen molar-refractivity contribution in [1.82, 2.24) is 9.97 Å². The minimum Gasteiger partial charge on any atom is -0.507 e. The monoisotopic (exact) mass is 406 g/mol. The molecule has 3 nitrogen and oxygen atoms in total. The van der Waals surface area contributed by atoms with Crippen LogP contribution in [0.4, 0.5) is 13.2 Å². The van der Waals surface area contributed by atoms with Crippen LogP contribution in [0.15, 0.2) is 79.1 Å². The Morgan fingerprint density at radius 1 is 0.733 bits per heavy atom. The number of phenols is 1. The molecule has 0 saturated heterocycles. The molecule has 5 aromatic rings. The highest BCUT2D eigenvalue weighted by molar-refractivity contribution is 5.89. The smallest absolute Gasteiger partial charge is 0.419 e. The largest absolute Gasteiger partial charge is 0.507 e. The number of fused-ring (bicyclic) bond motifs is 2. The summed E-state index contributed by atoms with van der Waals surface area (Å²) >= 11 is 0. The predicted octanol–water partition coefficient (Wildman–Crippen LogP) is 6.55. The first-order valence-electron chi connectivity index (χ1n) is 9.45. The van der Waals surface area contributed by atoms with Gasteiger partial charge in [-0.15, -0.1) is 0 Å². The van der Waals surface area contributed by atoms with Gasteiger partial charge in [-0.2, -0.15) is 13.2 Å². The Morgan fingerprint density at radius 2 is 1.27 bits per heavy atom. The molecule has 0 radical (unpaired) electrons. The van der Waals surface area contributed by atoms with Crippen molar-refractivity contribution < 1.29 is 18.3 Å². The molecule has 0 aliphatic rings. The number of phenolic OH excluding ortho intramolecular Hbond substituents is 1. The number of benzene rings is 3. The number of aromatic amines is 2. The molecule has 2 aromatic heterocycles. The van der Waals surface area contributed by atoms with E-state index in [1.54, 1.807) is 6.07 Å². The van der Waals surface area contributed by atoms with E-state index >= 15 is 0 Å². The minimum atomic E-state index is -4.65. The third-order valence-electron chi connectivity index (χ3n) is 5.52. The van der Waals surface area contributed by atoms with Crippen molar-refractivity contribution in [3.8, 4) is 5.75 Å². The second kappa shape index (κ2) is 6.69. The van der Waals surface area contributed by atoms with E-state index in [-0.39, 0.29) is 0 Å². The summed E-state index contributed by atoms with van der Waals surface area (Å²) in [7, 11) is 0. The van der Waals surface area contributed by atoms with E-state index in [1.165, 1.54) is 0 Å². The third kappa shape index (κ3) is 2.92. The summed E-state index contributed by atoms with van der Waals surface area (Å²) in [5.41, 5.74) is 2.97. The number of H-pyrrole nitrogens is 2. The summed E-state index contributed by atoms with van der Waals surface area (Å²) in [6.45, 7) is 0. The lowest BCUT2D eigenvalue weighted by Crippen LogP contribution is -2.09. The van der Waals surface area contributed by atoms with Crippen molar-refractivity contribution in [1.29, 1.82) is 0 Å².